The van der Waals surface area contributed by atoms with Gasteiger partial charge in [-0.3, -0.25) is 4.79 Å². The summed E-state index contributed by atoms with van der Waals surface area (Å²) in [6.07, 6.45) is 5.15. The molecule has 0 spiro atoms. The van der Waals surface area contributed by atoms with Crippen LogP contribution in [-0.4, -0.2) is 29.0 Å². The number of nitrogens with zero attached hydrogens (tertiary/aromatic N) is 1. The molecule has 0 radical (unpaired) electrons. The quantitative estimate of drug-likeness (QED) is 0.907. The molecule has 0 aliphatic carbocycles. The van der Waals surface area contributed by atoms with Gasteiger partial charge in [0, 0.05) is 29.3 Å². The van der Waals surface area contributed by atoms with Gasteiger partial charge in [-0.25, -0.2) is 4.98 Å². The lowest BCUT2D eigenvalue weighted by atomic mass is 9.95. The number of halogens is 1. The summed E-state index contributed by atoms with van der Waals surface area (Å²) < 4.78 is 0. The Morgan fingerprint density at radius 2 is 2.32 bits per heavy atom. The fourth-order valence-corrected chi connectivity index (χ4v) is 4.37. The van der Waals surface area contributed by atoms with Crippen LogP contribution in [0, 0.1) is 0 Å². The van der Waals surface area contributed by atoms with E-state index in [4.69, 9.17) is 11.6 Å². The van der Waals surface area contributed by atoms with Crippen LogP contribution in [0.1, 0.15) is 29.1 Å². The van der Waals surface area contributed by atoms with Crippen LogP contribution >= 0.6 is 22.9 Å². The molecule has 1 aromatic heterocycles. The Hall–Kier alpha value is -1.43. The normalized spacial score (nSPS) is 26.3. The van der Waals surface area contributed by atoms with Crippen LogP contribution in [0.15, 0.2) is 30.5 Å². The molecule has 2 saturated heterocycles. The summed E-state index contributed by atoms with van der Waals surface area (Å²) >= 11 is 7.42. The third-order valence-corrected chi connectivity index (χ3v) is 5.71. The number of hydrogen-bond acceptors (Lipinski definition) is 4. The molecule has 2 fully saturated rings. The minimum atomic E-state index is -0.0716. The topological polar surface area (TPSA) is 54.0 Å². The molecular formula is C16H16ClN3OS. The SMILES string of the molecule is O=C(NC1CC2CCC1N2)c1ncc(-c2cccc(Cl)c2)s1. The van der Waals surface area contributed by atoms with Crippen LogP contribution in [0.5, 0.6) is 0 Å². The second-order valence-corrected chi connectivity index (χ2v) is 7.37. The number of carbonyl (C=O) groups is 1. The molecule has 3 atom stereocenters. The minimum absolute atomic E-state index is 0.0716. The molecule has 2 aromatic rings. The molecule has 2 bridgehead atoms. The predicted octanol–water partition coefficient (Wildman–Crippen LogP) is 3.09. The summed E-state index contributed by atoms with van der Waals surface area (Å²) in [5.41, 5.74) is 0.991. The highest BCUT2D eigenvalue weighted by Gasteiger charge is 2.39. The van der Waals surface area contributed by atoms with E-state index in [1.165, 1.54) is 17.8 Å². The third kappa shape index (κ3) is 2.64. The van der Waals surface area contributed by atoms with Gasteiger partial charge in [0.25, 0.3) is 5.91 Å². The van der Waals surface area contributed by atoms with Gasteiger partial charge in [0.05, 0.1) is 4.88 Å². The molecule has 0 saturated carbocycles. The van der Waals surface area contributed by atoms with Crippen molar-refractivity contribution >= 4 is 28.8 Å². The largest absolute Gasteiger partial charge is 0.346 e. The number of hydrogen-bond donors (Lipinski definition) is 2. The highest BCUT2D eigenvalue weighted by Crippen LogP contribution is 2.30. The van der Waals surface area contributed by atoms with Crippen molar-refractivity contribution in [2.45, 2.75) is 37.4 Å². The average Bonchev–Trinajstić information content (AvgIpc) is 3.23. The van der Waals surface area contributed by atoms with Crippen LogP contribution in [0.2, 0.25) is 5.02 Å². The Labute approximate surface area is 137 Å². The zero-order valence-electron chi connectivity index (χ0n) is 11.9. The van der Waals surface area contributed by atoms with Gasteiger partial charge < -0.3 is 10.6 Å². The van der Waals surface area contributed by atoms with Gasteiger partial charge in [0.2, 0.25) is 0 Å². The summed E-state index contributed by atoms with van der Waals surface area (Å²) in [6.45, 7) is 0. The van der Waals surface area contributed by atoms with Crippen molar-refractivity contribution in [3.05, 3.63) is 40.5 Å². The van der Waals surface area contributed by atoms with Gasteiger partial charge in [-0.2, -0.15) is 0 Å². The van der Waals surface area contributed by atoms with E-state index in [-0.39, 0.29) is 11.9 Å². The summed E-state index contributed by atoms with van der Waals surface area (Å²) in [4.78, 5) is 17.6. The van der Waals surface area contributed by atoms with Crippen LogP contribution in [0.25, 0.3) is 10.4 Å². The van der Waals surface area contributed by atoms with Crippen molar-refractivity contribution in [2.75, 3.05) is 0 Å². The number of benzene rings is 1. The van der Waals surface area contributed by atoms with Crippen LogP contribution in [0.3, 0.4) is 0 Å². The van der Waals surface area contributed by atoms with E-state index >= 15 is 0 Å². The predicted molar refractivity (Wildman–Crippen MR) is 88.4 cm³/mol. The number of nitrogens with one attached hydrogen (secondary N) is 2. The molecule has 2 aliphatic heterocycles. The van der Waals surface area contributed by atoms with Gasteiger partial charge in [0.1, 0.15) is 0 Å². The maximum absolute atomic E-state index is 12.4. The highest BCUT2D eigenvalue weighted by molar-refractivity contribution is 7.17. The Morgan fingerprint density at radius 3 is 3.05 bits per heavy atom. The summed E-state index contributed by atoms with van der Waals surface area (Å²) in [5.74, 6) is -0.0716. The number of carbonyl (C=O) groups excluding carboxylic acids is 1. The van der Waals surface area contributed by atoms with Gasteiger partial charge in [-0.15, -0.1) is 11.3 Å². The first kappa shape index (κ1) is 14.2. The van der Waals surface area contributed by atoms with Crippen LogP contribution in [-0.2, 0) is 0 Å². The zero-order chi connectivity index (χ0) is 15.1. The number of amides is 1. The van der Waals surface area contributed by atoms with E-state index in [9.17, 15) is 4.79 Å². The van der Waals surface area contributed by atoms with Crippen molar-refractivity contribution in [1.29, 1.82) is 0 Å². The number of fused-ring (bicyclic) bond motifs is 2. The monoisotopic (exact) mass is 333 g/mol. The first-order valence-electron chi connectivity index (χ1n) is 7.48. The maximum atomic E-state index is 12.4. The first-order valence-corrected chi connectivity index (χ1v) is 8.67. The zero-order valence-corrected chi connectivity index (χ0v) is 13.5. The van der Waals surface area contributed by atoms with Crippen molar-refractivity contribution in [3.8, 4) is 10.4 Å². The highest BCUT2D eigenvalue weighted by atomic mass is 35.5. The Kier molecular flexibility index (Phi) is 3.64. The van der Waals surface area contributed by atoms with Crippen molar-refractivity contribution in [2.24, 2.45) is 0 Å². The van der Waals surface area contributed by atoms with Crippen molar-refractivity contribution < 1.29 is 4.79 Å². The Morgan fingerprint density at radius 1 is 1.41 bits per heavy atom. The van der Waals surface area contributed by atoms with Gasteiger partial charge >= 0.3 is 0 Å². The molecule has 1 amide bonds. The van der Waals surface area contributed by atoms with Gasteiger partial charge in [-0.05, 0) is 37.0 Å². The number of aromatic nitrogens is 1. The van der Waals surface area contributed by atoms with E-state index in [1.807, 2.05) is 24.3 Å². The van der Waals surface area contributed by atoms with Gasteiger partial charge in [-0.1, -0.05) is 23.7 Å². The Bertz CT molecular complexity index is 717. The lowest BCUT2D eigenvalue weighted by Gasteiger charge is -2.20. The molecule has 3 heterocycles. The summed E-state index contributed by atoms with van der Waals surface area (Å²) in [6, 6.07) is 8.84. The van der Waals surface area contributed by atoms with Crippen molar-refractivity contribution in [3.63, 3.8) is 0 Å². The van der Waals surface area contributed by atoms with E-state index in [0.29, 0.717) is 22.1 Å². The Balaban J connectivity index is 1.48. The maximum Gasteiger partial charge on any atom is 0.280 e. The molecule has 4 nitrogen and oxygen atoms in total. The average molecular weight is 334 g/mol. The van der Waals surface area contributed by atoms with Gasteiger partial charge in [0.15, 0.2) is 5.01 Å². The van der Waals surface area contributed by atoms with Crippen LogP contribution < -0.4 is 10.6 Å². The molecule has 2 N–H and O–H groups in total. The lowest BCUT2D eigenvalue weighted by molar-refractivity contribution is 0.0930. The molecule has 2 aliphatic rings. The van der Waals surface area contributed by atoms with Crippen molar-refractivity contribution in [1.82, 2.24) is 15.6 Å². The van der Waals surface area contributed by atoms with E-state index in [2.05, 4.69) is 15.6 Å². The summed E-state index contributed by atoms with van der Waals surface area (Å²) in [7, 11) is 0. The summed E-state index contributed by atoms with van der Waals surface area (Å²) in [5, 5.41) is 7.85. The molecule has 3 unspecified atom stereocenters. The molecule has 6 heteroatoms. The van der Waals surface area contributed by atoms with E-state index in [1.54, 1.807) is 6.20 Å². The number of rotatable bonds is 3. The van der Waals surface area contributed by atoms with E-state index in [0.717, 1.165) is 23.3 Å². The van der Waals surface area contributed by atoms with E-state index < -0.39 is 0 Å². The number of thiazole rings is 1. The standard InChI is InChI=1S/C16H16ClN3OS/c17-10-3-1-2-9(6-10)14-8-18-16(22-14)15(21)20-13-7-11-4-5-12(13)19-11/h1-3,6,8,11-13,19H,4-5,7H2,(H,20,21). The lowest BCUT2D eigenvalue weighted by Crippen LogP contribution is -2.42. The molecule has 22 heavy (non-hydrogen) atoms. The molecule has 1 aromatic carbocycles. The smallest absolute Gasteiger partial charge is 0.280 e. The second-order valence-electron chi connectivity index (χ2n) is 5.90. The molecular weight excluding hydrogens is 318 g/mol. The first-order chi connectivity index (χ1) is 10.7. The second kappa shape index (κ2) is 5.65. The fourth-order valence-electron chi connectivity index (χ4n) is 3.37. The third-order valence-electron chi connectivity index (χ3n) is 4.43. The molecule has 4 rings (SSSR count). The van der Waals surface area contributed by atoms with Crippen LogP contribution in [0.4, 0.5) is 0 Å². The minimum Gasteiger partial charge on any atom is -0.346 e. The fraction of sp³-hybridized carbons (Fsp3) is 0.375. The molecule has 114 valence electrons.